The molecule has 2 N–H and O–H groups in total. The molecule has 6 heterocycles. The molecular weight excluding hydrogens is 2220 g/mol. The summed E-state index contributed by atoms with van der Waals surface area (Å²) in [6, 6.07) is 0. The van der Waals surface area contributed by atoms with Crippen LogP contribution in [0.15, 0.2) is 24.8 Å². The third-order valence-corrected chi connectivity index (χ3v) is 72.8. The van der Waals surface area contributed by atoms with E-state index in [1.807, 2.05) is 9.80 Å². The van der Waals surface area contributed by atoms with Gasteiger partial charge in [-0.3, -0.25) is 31.8 Å². The van der Waals surface area contributed by atoms with Crippen LogP contribution in [0.25, 0.3) is 0 Å². The van der Waals surface area contributed by atoms with Gasteiger partial charge in [0.15, 0.2) is 24.6 Å². The first-order valence-electron chi connectivity index (χ1n) is 53.4. The maximum atomic E-state index is 10.3. The molecule has 0 saturated carbocycles. The zero-order valence-electron chi connectivity index (χ0n) is 93.1. The van der Waals surface area contributed by atoms with Crippen molar-refractivity contribution in [2.45, 2.75) is 319 Å². The molecular formula is C94H206As2N8O28P2S10+2. The second-order valence-electron chi connectivity index (χ2n) is 38.7. The first-order valence-corrected chi connectivity index (χ1v) is 82.1. The molecule has 6 rings (SSSR count). The van der Waals surface area contributed by atoms with E-state index in [1.54, 1.807) is 127 Å². The normalized spacial score (nSPS) is 16.5. The molecule has 50 heteroatoms. The third kappa shape index (κ3) is 84.5. The van der Waals surface area contributed by atoms with Crippen LogP contribution in [-0.4, -0.2) is 386 Å². The quantitative estimate of drug-likeness (QED) is 0.00545. The number of quaternary nitrogens is 4. The van der Waals surface area contributed by atoms with E-state index in [-0.39, 0.29) is 44.1 Å². The molecule has 0 aromatic rings. The molecule has 4 saturated heterocycles. The fourth-order valence-electron chi connectivity index (χ4n) is 18.5. The summed E-state index contributed by atoms with van der Waals surface area (Å²) in [7, 11) is -13.2. The number of rotatable bonds is 70. The minimum atomic E-state index is -4.73. The van der Waals surface area contributed by atoms with Crippen LogP contribution in [0, 0.1) is 0 Å². The van der Waals surface area contributed by atoms with E-state index in [0.29, 0.717) is 30.8 Å². The summed E-state index contributed by atoms with van der Waals surface area (Å²) in [5.74, 6) is 7.64. The molecule has 0 amide bonds. The molecule has 0 aliphatic carbocycles. The average molecular weight is 2430 g/mol. The second-order valence-corrected chi connectivity index (χ2v) is 82.5. The van der Waals surface area contributed by atoms with Gasteiger partial charge in [0.1, 0.15) is 47.6 Å². The summed E-state index contributed by atoms with van der Waals surface area (Å²) in [6.45, 7) is 62.1. The Bertz CT molecular complexity index is 3480. The fraction of sp³-hybridized carbons (Fsp3) is 0.957. The van der Waals surface area contributed by atoms with Gasteiger partial charge >= 0.3 is 110 Å². The number of nitrogens with zero attached hydrogens (tertiary/aromatic N) is 6. The van der Waals surface area contributed by atoms with Crippen LogP contribution >= 0.6 is 51.2 Å². The minimum absolute atomic E-state index is 0.0452. The standard InChI is InChI=1S/C18H42P2.C14H34As2.C14H32N2.C13H28N2.C11H20N4.C11H22S2.C4H10O8S2.C4H10O6S2.C3H8O8S2.C2H6O6S2/c1-7-13-19(11-5,14-8-2)17-18-20(12-6,15-9-3)16-10-4;1-7-15(8-2,9-3)13-14-16(10-4,11-5)12-6;1-5-9-15(10-6-2)13-14-16(11-7-3)12-8-4;1-14(8-3-4-9-14)12-7-13-15(2)10-5-6-11-15;1-12-6-8-14(10-12)4-3-5-15-9-7-13(2)11-15;1-2-7-12(6-1)10-5-11-13-8-3-4-9-13;1-2-4(10-13-12-11-5)3-9-14(6,7)8;1-2-4(12(8,9)10)3-11(5,6)7;4-10-11-12-8-2-1-3-9-13(5,6)7;3-7-8-9-1-2-10(4,5)6/h7-18H2,1-6H3;7-14H2,1-6H3;5-14H2,1-4H3;3-13H2,1-2H3;6-9H,3-5,10-11H2,1-2H3;1-11H2;4-5H,2-3H2,1H3,(H,6,7,8);4H,2-3H2,1H3,(H,5,6,7)(H,8,9,10);4H,1-3H2,(H,5,6,7);3H,1-2H2,(H,4,5,6)/q2*+2;;+2;;+2;;;;/p-6. The molecule has 2 unspecified atom stereocenters. The van der Waals surface area contributed by atoms with E-state index in [4.69, 9.17) is 5.26 Å². The van der Waals surface area contributed by atoms with Crippen molar-refractivity contribution in [2.75, 3.05) is 254 Å². The Labute approximate surface area is 905 Å². The van der Waals surface area contributed by atoms with Crippen LogP contribution in [-0.2, 0) is 118 Å². The van der Waals surface area contributed by atoms with Gasteiger partial charge < -0.3 is 76.9 Å². The Kier molecular flexibility index (Phi) is 95.9. The van der Waals surface area contributed by atoms with E-state index >= 15 is 0 Å². The van der Waals surface area contributed by atoms with Crippen LogP contribution in [0.3, 0.4) is 0 Å². The SMILES string of the molecule is C1CC[S+](CCC[S+]2CCCC2)C1.CCC(COS(=O)(=O)[O-])OSOO[O-].CCC(CS(=O)(=O)[O-])S(=O)(=O)[O-].CCC[NH+](CCC)CC[NH+](CCC)CCC.CCC[P+](CC)(CCC)CC[P+](CC)(CCC)CCC.CC[As+](CC)(CC)CC[As+](CC)(CC)CC.CN1C=CN(CCCN2C=CN(C)C2)C1.C[N+]1(CCC[N+]2(C)CCCC2)CCCC1.O=S(=O)([O-])CCSOO[O-].O=S(=O)([O-])OCCCOSOO[O-]. The van der Waals surface area contributed by atoms with Gasteiger partial charge in [-0.25, -0.2) is 42.1 Å². The Hall–Kier alpha value is 1.28. The molecule has 2 atom stereocenters. The first kappa shape index (κ1) is 152. The molecule has 6 aliphatic heterocycles. The minimum Gasteiger partial charge on any atom is -0.748 e. The van der Waals surface area contributed by atoms with Gasteiger partial charge in [-0.05, 0) is 138 Å². The van der Waals surface area contributed by atoms with Crippen molar-refractivity contribution in [3.05, 3.63) is 24.8 Å². The summed E-state index contributed by atoms with van der Waals surface area (Å²) in [5.41, 5.74) is 0. The van der Waals surface area contributed by atoms with Crippen LogP contribution in [0.2, 0.25) is 41.7 Å². The van der Waals surface area contributed by atoms with Gasteiger partial charge in [0, 0.05) is 129 Å². The Balaban J connectivity index is -0.000000759. The summed E-state index contributed by atoms with van der Waals surface area (Å²) in [5, 5.41) is 47.4. The van der Waals surface area contributed by atoms with Gasteiger partial charge in [-0.1, -0.05) is 69.2 Å². The van der Waals surface area contributed by atoms with Crippen molar-refractivity contribution >= 4 is 151 Å². The zero-order valence-corrected chi connectivity index (χ0v) is 107. The molecule has 36 nitrogen and oxygen atoms in total. The van der Waals surface area contributed by atoms with Crippen molar-refractivity contribution in [2.24, 2.45) is 0 Å². The third-order valence-electron chi connectivity index (χ3n) is 27.6. The Morgan fingerprint density at radius 2 is 0.806 bits per heavy atom. The van der Waals surface area contributed by atoms with Gasteiger partial charge in [0.25, 0.3) is 0 Å². The first-order chi connectivity index (χ1) is 68.0. The number of hydrogen-bond acceptors (Lipinski definition) is 35. The van der Waals surface area contributed by atoms with Crippen molar-refractivity contribution < 1.29 is 144 Å². The van der Waals surface area contributed by atoms with E-state index in [0.717, 1.165) is 48.2 Å². The molecule has 4 fully saturated rings. The summed E-state index contributed by atoms with van der Waals surface area (Å²) < 4.78 is 181. The smallest absolute Gasteiger partial charge is 0.217 e. The molecule has 0 aromatic carbocycles. The number of likely N-dealkylation sites (tertiary alicyclic amines) is 2. The van der Waals surface area contributed by atoms with Gasteiger partial charge in [-0.2, -0.15) is 4.33 Å². The molecule has 0 spiro atoms. The summed E-state index contributed by atoms with van der Waals surface area (Å²) in [6.07, 6.45) is 48.0. The van der Waals surface area contributed by atoms with E-state index < -0.39 is 122 Å². The van der Waals surface area contributed by atoms with Crippen LogP contribution < -0.4 is 25.6 Å². The number of nitrogens with one attached hydrogen (secondary N) is 2. The number of hydrogen-bond donors (Lipinski definition) is 2. The summed E-state index contributed by atoms with van der Waals surface area (Å²) in [4.78, 5) is 12.7. The second kappa shape index (κ2) is 91.1. The van der Waals surface area contributed by atoms with Gasteiger partial charge in [0.2, 0.25) is 20.8 Å². The van der Waals surface area contributed by atoms with Crippen molar-refractivity contribution in [1.29, 1.82) is 0 Å². The van der Waals surface area contributed by atoms with Crippen LogP contribution in [0.1, 0.15) is 266 Å². The van der Waals surface area contributed by atoms with E-state index in [2.05, 4.69) is 228 Å². The van der Waals surface area contributed by atoms with Crippen molar-refractivity contribution in [1.82, 2.24) is 19.6 Å². The summed E-state index contributed by atoms with van der Waals surface area (Å²) >= 11 is -1.40. The molecule has 6 aliphatic rings. The van der Waals surface area contributed by atoms with Gasteiger partial charge in [0.05, 0.1) is 209 Å². The molecule has 0 aromatic heterocycles. The predicted molar refractivity (Wildman–Crippen MR) is 599 cm³/mol. The topological polar surface area (TPSA) is 469 Å². The van der Waals surface area contributed by atoms with Crippen LogP contribution in [0.5, 0.6) is 0 Å². The Morgan fingerprint density at radius 3 is 1.09 bits per heavy atom. The zero-order chi connectivity index (χ0) is 110. The van der Waals surface area contributed by atoms with Gasteiger partial charge in [-0.15, -0.1) is 8.67 Å². The van der Waals surface area contributed by atoms with Crippen molar-refractivity contribution in [3.63, 3.8) is 0 Å². The molecule has 144 heavy (non-hydrogen) atoms. The van der Waals surface area contributed by atoms with Crippen LogP contribution in [0.4, 0.5) is 0 Å². The largest absolute Gasteiger partial charge is 0.748 e. The van der Waals surface area contributed by atoms with E-state index in [9.17, 15) is 75.4 Å². The van der Waals surface area contributed by atoms with Crippen molar-refractivity contribution in [3.8, 4) is 0 Å². The molecule has 868 valence electrons. The maximum Gasteiger partial charge on any atom is 0.217 e. The Morgan fingerprint density at radius 1 is 0.431 bits per heavy atom. The molecule has 0 bridgehead atoms. The average Bonchev–Trinajstić information content (AvgIpc) is 1.57. The van der Waals surface area contributed by atoms with E-state index in [1.165, 1.54) is 222 Å². The fourth-order valence-corrected chi connectivity index (χ4v) is 59.3. The monoisotopic (exact) mass is 2430 g/mol. The predicted octanol–water partition coefficient (Wildman–Crippen LogP) is 12.8. The molecule has 0 radical (unpaired) electrons. The maximum absolute atomic E-state index is 10.3.